The minimum absolute atomic E-state index is 0.0778. The van der Waals surface area contributed by atoms with Crippen LogP contribution >= 0.6 is 11.6 Å². The van der Waals surface area contributed by atoms with Crippen molar-refractivity contribution in [2.24, 2.45) is 0 Å². The summed E-state index contributed by atoms with van der Waals surface area (Å²) in [6, 6.07) is 11.4. The Morgan fingerprint density at radius 2 is 1.69 bits per heavy atom. The summed E-state index contributed by atoms with van der Waals surface area (Å²) in [6.07, 6.45) is 0. The minimum Gasteiger partial charge on any atom is -0.495 e. The number of amides is 1. The second kappa shape index (κ2) is 7.87. The molecule has 1 fully saturated rings. The average molecular weight is 375 g/mol. The molecule has 1 heterocycles. The normalized spacial score (nSPS) is 14.3. The third kappa shape index (κ3) is 3.73. The van der Waals surface area contributed by atoms with Crippen LogP contribution in [-0.2, 0) is 0 Å². The third-order valence-electron chi connectivity index (χ3n) is 4.63. The van der Waals surface area contributed by atoms with E-state index in [9.17, 15) is 4.79 Å². The molecule has 0 bridgehead atoms. The third-order valence-corrected chi connectivity index (χ3v) is 4.92. The van der Waals surface area contributed by atoms with Gasteiger partial charge in [-0.05, 0) is 19.1 Å². The number of anilines is 1. The number of ether oxygens (including phenoxy) is 2. The molecule has 2 aromatic carbocycles. The van der Waals surface area contributed by atoms with Gasteiger partial charge in [-0.2, -0.15) is 0 Å². The molecular weight excluding hydrogens is 352 g/mol. The maximum atomic E-state index is 12.7. The zero-order chi connectivity index (χ0) is 18.7. The van der Waals surface area contributed by atoms with E-state index >= 15 is 0 Å². The summed E-state index contributed by atoms with van der Waals surface area (Å²) in [5.41, 5.74) is 2.76. The summed E-state index contributed by atoms with van der Waals surface area (Å²) in [7, 11) is 3.22. The number of rotatable bonds is 4. The first-order chi connectivity index (χ1) is 12.5. The zero-order valence-electron chi connectivity index (χ0n) is 15.3. The van der Waals surface area contributed by atoms with Crippen LogP contribution in [0.2, 0.25) is 5.02 Å². The van der Waals surface area contributed by atoms with Crippen molar-refractivity contribution in [3.8, 4) is 11.5 Å². The molecule has 0 saturated carbocycles. The lowest BCUT2D eigenvalue weighted by molar-refractivity contribution is 0.0746. The van der Waals surface area contributed by atoms with Gasteiger partial charge in [-0.1, -0.05) is 29.3 Å². The first-order valence-corrected chi connectivity index (χ1v) is 8.93. The molecule has 3 rings (SSSR count). The Kier molecular flexibility index (Phi) is 5.57. The van der Waals surface area contributed by atoms with Gasteiger partial charge in [-0.25, -0.2) is 0 Å². The molecule has 1 aliphatic rings. The first kappa shape index (κ1) is 18.4. The number of hydrogen-bond donors (Lipinski definition) is 0. The molecule has 2 aromatic rings. The monoisotopic (exact) mass is 374 g/mol. The van der Waals surface area contributed by atoms with Crippen LogP contribution in [0.4, 0.5) is 5.69 Å². The van der Waals surface area contributed by atoms with E-state index in [-0.39, 0.29) is 5.91 Å². The fourth-order valence-corrected chi connectivity index (χ4v) is 3.43. The number of nitrogens with zero attached hydrogens (tertiary/aromatic N) is 2. The Hall–Kier alpha value is -2.40. The molecule has 0 aromatic heterocycles. The molecule has 0 spiro atoms. The molecule has 0 aliphatic carbocycles. The van der Waals surface area contributed by atoms with Crippen LogP contribution in [0.1, 0.15) is 15.9 Å². The molecule has 0 N–H and O–H groups in total. The highest BCUT2D eigenvalue weighted by Crippen LogP contribution is 2.38. The van der Waals surface area contributed by atoms with Crippen molar-refractivity contribution in [2.75, 3.05) is 45.3 Å². The van der Waals surface area contributed by atoms with Gasteiger partial charge in [-0.15, -0.1) is 0 Å². The second-order valence-corrected chi connectivity index (χ2v) is 6.71. The van der Waals surface area contributed by atoms with E-state index in [4.69, 9.17) is 21.1 Å². The topological polar surface area (TPSA) is 42.0 Å². The maximum Gasteiger partial charge on any atom is 0.253 e. The number of aryl methyl sites for hydroxylation is 1. The van der Waals surface area contributed by atoms with Gasteiger partial charge in [0.25, 0.3) is 5.91 Å². The second-order valence-electron chi connectivity index (χ2n) is 6.31. The van der Waals surface area contributed by atoms with Crippen LogP contribution in [0.3, 0.4) is 0 Å². The van der Waals surface area contributed by atoms with E-state index in [1.807, 2.05) is 42.2 Å². The number of halogens is 1. The van der Waals surface area contributed by atoms with Crippen LogP contribution in [0.15, 0.2) is 36.4 Å². The van der Waals surface area contributed by atoms with Gasteiger partial charge in [-0.3, -0.25) is 4.79 Å². The molecule has 1 amide bonds. The molecule has 0 radical (unpaired) electrons. The van der Waals surface area contributed by atoms with Crippen molar-refractivity contribution >= 4 is 23.2 Å². The molecule has 0 unspecified atom stereocenters. The SMILES string of the molecule is COc1cc(N2CCN(C(=O)c3cccc(C)c3)CC2)c(OC)cc1Cl. The Morgan fingerprint density at radius 3 is 2.31 bits per heavy atom. The molecule has 6 heteroatoms. The number of benzene rings is 2. The Labute approximate surface area is 159 Å². The lowest BCUT2D eigenvalue weighted by Gasteiger charge is -2.36. The van der Waals surface area contributed by atoms with Crippen molar-refractivity contribution in [2.45, 2.75) is 6.92 Å². The van der Waals surface area contributed by atoms with Crippen molar-refractivity contribution < 1.29 is 14.3 Å². The van der Waals surface area contributed by atoms with Crippen molar-refractivity contribution in [3.63, 3.8) is 0 Å². The maximum absolute atomic E-state index is 12.7. The fourth-order valence-electron chi connectivity index (χ4n) is 3.20. The summed E-state index contributed by atoms with van der Waals surface area (Å²) in [4.78, 5) is 16.8. The molecule has 26 heavy (non-hydrogen) atoms. The van der Waals surface area contributed by atoms with Crippen molar-refractivity contribution in [1.29, 1.82) is 0 Å². The Morgan fingerprint density at radius 1 is 1.00 bits per heavy atom. The predicted octanol–water partition coefficient (Wildman–Crippen LogP) is 3.63. The lowest BCUT2D eigenvalue weighted by Crippen LogP contribution is -2.48. The van der Waals surface area contributed by atoms with E-state index in [0.717, 1.165) is 29.9 Å². The van der Waals surface area contributed by atoms with Gasteiger partial charge in [0.05, 0.1) is 24.9 Å². The highest BCUT2D eigenvalue weighted by Gasteiger charge is 2.24. The van der Waals surface area contributed by atoms with Crippen molar-refractivity contribution in [3.05, 3.63) is 52.5 Å². The minimum atomic E-state index is 0.0778. The van der Waals surface area contributed by atoms with E-state index in [0.29, 0.717) is 29.6 Å². The summed E-state index contributed by atoms with van der Waals surface area (Å²) in [6.45, 7) is 4.74. The number of hydrogen-bond acceptors (Lipinski definition) is 4. The number of carbonyl (C=O) groups excluding carboxylic acids is 1. The van der Waals surface area contributed by atoms with E-state index < -0.39 is 0 Å². The smallest absolute Gasteiger partial charge is 0.253 e. The Bertz CT molecular complexity index is 802. The molecule has 5 nitrogen and oxygen atoms in total. The van der Waals surface area contributed by atoms with Crippen LogP contribution in [0.5, 0.6) is 11.5 Å². The van der Waals surface area contributed by atoms with Crippen LogP contribution in [0, 0.1) is 6.92 Å². The zero-order valence-corrected chi connectivity index (χ0v) is 16.0. The highest BCUT2D eigenvalue weighted by molar-refractivity contribution is 6.32. The Balaban J connectivity index is 1.73. The van der Waals surface area contributed by atoms with Crippen LogP contribution in [0.25, 0.3) is 0 Å². The van der Waals surface area contributed by atoms with Crippen LogP contribution in [-0.4, -0.2) is 51.2 Å². The number of piperazine rings is 1. The van der Waals surface area contributed by atoms with Gasteiger partial charge in [0.1, 0.15) is 11.5 Å². The van der Waals surface area contributed by atoms with Gasteiger partial charge in [0, 0.05) is 43.9 Å². The molecule has 1 aliphatic heterocycles. The molecule has 1 saturated heterocycles. The van der Waals surface area contributed by atoms with Gasteiger partial charge < -0.3 is 19.3 Å². The van der Waals surface area contributed by atoms with E-state index in [1.54, 1.807) is 20.3 Å². The summed E-state index contributed by atoms with van der Waals surface area (Å²) in [5, 5.41) is 0.515. The summed E-state index contributed by atoms with van der Waals surface area (Å²) in [5.74, 6) is 1.39. The molecule has 138 valence electrons. The van der Waals surface area contributed by atoms with Gasteiger partial charge in [0.15, 0.2) is 0 Å². The largest absolute Gasteiger partial charge is 0.495 e. The van der Waals surface area contributed by atoms with Gasteiger partial charge in [0.2, 0.25) is 0 Å². The number of methoxy groups -OCH3 is 2. The van der Waals surface area contributed by atoms with Gasteiger partial charge >= 0.3 is 0 Å². The number of carbonyl (C=O) groups is 1. The van der Waals surface area contributed by atoms with E-state index in [2.05, 4.69) is 4.90 Å². The predicted molar refractivity (Wildman–Crippen MR) is 104 cm³/mol. The average Bonchev–Trinajstić information content (AvgIpc) is 2.67. The summed E-state index contributed by atoms with van der Waals surface area (Å²) >= 11 is 6.19. The highest BCUT2D eigenvalue weighted by atomic mass is 35.5. The van der Waals surface area contributed by atoms with Crippen LogP contribution < -0.4 is 14.4 Å². The fraction of sp³-hybridized carbons (Fsp3) is 0.350. The van der Waals surface area contributed by atoms with E-state index in [1.165, 1.54) is 0 Å². The standard InChI is InChI=1S/C20H23ClN2O3/c1-14-5-4-6-15(11-14)20(24)23-9-7-22(8-10-23)17-13-18(25-2)16(21)12-19(17)26-3/h4-6,11-13H,7-10H2,1-3H3. The summed E-state index contributed by atoms with van der Waals surface area (Å²) < 4.78 is 10.8. The van der Waals surface area contributed by atoms with Crippen molar-refractivity contribution in [1.82, 2.24) is 4.90 Å². The quantitative estimate of drug-likeness (QED) is 0.819. The molecule has 0 atom stereocenters. The lowest BCUT2D eigenvalue weighted by atomic mass is 10.1. The first-order valence-electron chi connectivity index (χ1n) is 8.56. The molecular formula is C20H23ClN2O3.